The lowest BCUT2D eigenvalue weighted by Crippen LogP contribution is -2.21. The predicted octanol–water partition coefficient (Wildman–Crippen LogP) is 3.95. The molecule has 0 saturated carbocycles. The van der Waals surface area contributed by atoms with E-state index in [4.69, 9.17) is 22.7 Å². The second-order valence-corrected chi connectivity index (χ2v) is 6.73. The van der Waals surface area contributed by atoms with E-state index < -0.39 is 11.4 Å². The second kappa shape index (κ2) is 7.98. The quantitative estimate of drug-likeness (QED) is 0.393. The zero-order valence-corrected chi connectivity index (χ0v) is 15.3. The maximum atomic E-state index is 12.4. The van der Waals surface area contributed by atoms with E-state index >= 15 is 0 Å². The van der Waals surface area contributed by atoms with Crippen LogP contribution in [0.25, 0.3) is 10.6 Å². The largest absolute Gasteiger partial charge is 0.383 e. The molecule has 0 unspecified atom stereocenters. The number of hydrogen-bond acceptors (Lipinski definition) is 6. The summed E-state index contributed by atoms with van der Waals surface area (Å²) in [5.41, 5.74) is 6.03. The third-order valence-corrected chi connectivity index (χ3v) is 4.78. The number of aromatic nitrogens is 1. The molecule has 0 spiro atoms. The Labute approximate surface area is 162 Å². The van der Waals surface area contributed by atoms with Gasteiger partial charge in [-0.15, -0.1) is 4.91 Å². The number of nitrogens with one attached hydrogen (secondary N) is 1. The van der Waals surface area contributed by atoms with Crippen molar-refractivity contribution < 1.29 is 0 Å². The van der Waals surface area contributed by atoms with Gasteiger partial charge in [-0.1, -0.05) is 53.3 Å². The molecule has 0 saturated heterocycles. The molecule has 0 aliphatic heterocycles. The number of nitrogens with two attached hydrogens (primary N) is 1. The molecule has 0 fully saturated rings. The summed E-state index contributed by atoms with van der Waals surface area (Å²) in [6.45, 7) is 0. The first-order valence-electron chi connectivity index (χ1n) is 7.62. The van der Waals surface area contributed by atoms with Gasteiger partial charge < -0.3 is 5.73 Å². The molecule has 3 rings (SSSR count). The molecule has 3 N–H and O–H groups in total. The van der Waals surface area contributed by atoms with Crippen molar-refractivity contribution in [3.8, 4) is 10.6 Å². The van der Waals surface area contributed by atoms with Gasteiger partial charge in [-0.3, -0.25) is 10.2 Å². The van der Waals surface area contributed by atoms with Gasteiger partial charge in [0.25, 0.3) is 5.56 Å². The Kier molecular flexibility index (Phi) is 5.49. The Morgan fingerprint density at radius 3 is 2.41 bits per heavy atom. The fourth-order valence-corrected chi connectivity index (χ4v) is 3.25. The molecule has 0 aliphatic carbocycles. The van der Waals surface area contributed by atoms with Crippen LogP contribution < -0.4 is 11.3 Å². The average molecular weight is 398 g/mol. The lowest BCUT2D eigenvalue weighted by molar-refractivity contribution is 1.24. The van der Waals surface area contributed by atoms with E-state index in [1.807, 2.05) is 6.07 Å². The summed E-state index contributed by atoms with van der Waals surface area (Å²) < 4.78 is 0. The van der Waals surface area contributed by atoms with Gasteiger partial charge in [-0.2, -0.15) is 4.98 Å². The third kappa shape index (κ3) is 4.13. The molecule has 0 atom stereocenters. The SMILES string of the molecule is N=C(N=C(N)c1ccc(Cl)cc1)c1c(N=O)sc(-c2ccccc2)nc1=O. The van der Waals surface area contributed by atoms with Gasteiger partial charge in [0, 0.05) is 16.1 Å². The molecule has 134 valence electrons. The molecule has 0 bridgehead atoms. The van der Waals surface area contributed by atoms with Crippen LogP contribution in [0.3, 0.4) is 0 Å². The van der Waals surface area contributed by atoms with Crippen LogP contribution in [0.4, 0.5) is 5.00 Å². The Bertz CT molecular complexity index is 1090. The molecule has 3 aromatic rings. The summed E-state index contributed by atoms with van der Waals surface area (Å²) in [7, 11) is 0. The van der Waals surface area contributed by atoms with E-state index in [2.05, 4.69) is 15.2 Å². The number of hydrogen-bond donors (Lipinski definition) is 2. The predicted molar refractivity (Wildman–Crippen MR) is 108 cm³/mol. The van der Waals surface area contributed by atoms with Crippen LogP contribution >= 0.6 is 22.9 Å². The van der Waals surface area contributed by atoms with Crippen LogP contribution in [0.1, 0.15) is 11.1 Å². The maximum Gasteiger partial charge on any atom is 0.285 e. The second-order valence-electron chi connectivity index (χ2n) is 5.31. The minimum atomic E-state index is -0.764. The first-order valence-corrected chi connectivity index (χ1v) is 8.82. The molecule has 7 nitrogen and oxygen atoms in total. The van der Waals surface area contributed by atoms with E-state index in [0.29, 0.717) is 21.2 Å². The van der Waals surface area contributed by atoms with E-state index in [1.165, 1.54) is 0 Å². The van der Waals surface area contributed by atoms with E-state index in [-0.39, 0.29) is 16.4 Å². The normalized spacial score (nSPS) is 11.2. The van der Waals surface area contributed by atoms with Gasteiger partial charge in [0.05, 0.1) is 0 Å². The van der Waals surface area contributed by atoms with Crippen LogP contribution in [0.15, 0.2) is 69.6 Å². The monoisotopic (exact) mass is 397 g/mol. The molecule has 27 heavy (non-hydrogen) atoms. The Balaban J connectivity index is 2.02. The molecule has 0 radical (unpaired) electrons. The van der Waals surface area contributed by atoms with Gasteiger partial charge in [-0.05, 0) is 29.4 Å². The van der Waals surface area contributed by atoms with Crippen molar-refractivity contribution in [1.29, 1.82) is 5.41 Å². The summed E-state index contributed by atoms with van der Waals surface area (Å²) >= 11 is 6.74. The van der Waals surface area contributed by atoms with Crippen LogP contribution in [0.5, 0.6) is 0 Å². The summed E-state index contributed by atoms with van der Waals surface area (Å²) in [6.07, 6.45) is 0. The van der Waals surface area contributed by atoms with Crippen molar-refractivity contribution in [2.24, 2.45) is 15.9 Å². The van der Waals surface area contributed by atoms with Crippen molar-refractivity contribution in [2.45, 2.75) is 0 Å². The van der Waals surface area contributed by atoms with E-state index in [9.17, 15) is 9.70 Å². The minimum absolute atomic E-state index is 0.00468. The number of halogens is 1. The fourth-order valence-electron chi connectivity index (χ4n) is 2.24. The zero-order valence-electron chi connectivity index (χ0n) is 13.7. The maximum absolute atomic E-state index is 12.4. The molecule has 0 aliphatic rings. The molecule has 9 heteroatoms. The zero-order chi connectivity index (χ0) is 19.4. The van der Waals surface area contributed by atoms with Crippen molar-refractivity contribution >= 4 is 39.6 Å². The van der Waals surface area contributed by atoms with Crippen LogP contribution in [-0.4, -0.2) is 16.7 Å². The van der Waals surface area contributed by atoms with Gasteiger partial charge in [0.1, 0.15) is 16.4 Å². The Morgan fingerprint density at radius 1 is 1.11 bits per heavy atom. The summed E-state index contributed by atoms with van der Waals surface area (Å²) in [5, 5.41) is 11.7. The highest BCUT2D eigenvalue weighted by atomic mass is 35.5. The molecule has 2 aromatic carbocycles. The van der Waals surface area contributed by atoms with Crippen molar-refractivity contribution in [2.75, 3.05) is 0 Å². The summed E-state index contributed by atoms with van der Waals surface area (Å²) in [4.78, 5) is 31.6. The lowest BCUT2D eigenvalue weighted by Gasteiger charge is -2.05. The standard InChI is InChI=1S/C18H12ClN5O2S/c19-12-8-6-10(7-9-12)14(20)22-15(21)13-16(25)23-17(27-18(13)24-26)11-4-2-1-3-5-11/h1-9H,(H3,20,21,22). The van der Waals surface area contributed by atoms with Crippen molar-refractivity contribution in [3.05, 3.63) is 86.0 Å². The lowest BCUT2D eigenvalue weighted by atomic mass is 10.2. The molecular formula is C18H12ClN5O2S. The number of aliphatic imine (C=N–C) groups is 1. The van der Waals surface area contributed by atoms with E-state index in [1.54, 1.807) is 48.5 Å². The number of nitroso groups, excluding NO2 is 1. The van der Waals surface area contributed by atoms with Gasteiger partial charge >= 0.3 is 0 Å². The Morgan fingerprint density at radius 2 is 1.78 bits per heavy atom. The topological polar surface area (TPSA) is 122 Å². The van der Waals surface area contributed by atoms with Gasteiger partial charge in [-0.25, -0.2) is 4.99 Å². The third-order valence-electron chi connectivity index (χ3n) is 3.54. The fraction of sp³-hybridized carbons (Fsp3) is 0. The van der Waals surface area contributed by atoms with Crippen molar-refractivity contribution in [1.82, 2.24) is 4.98 Å². The van der Waals surface area contributed by atoms with Crippen LogP contribution in [-0.2, 0) is 0 Å². The van der Waals surface area contributed by atoms with Crippen LogP contribution in [0.2, 0.25) is 5.02 Å². The number of rotatable bonds is 4. The first-order chi connectivity index (χ1) is 13.0. The van der Waals surface area contributed by atoms with Gasteiger partial charge in [0.15, 0.2) is 10.8 Å². The minimum Gasteiger partial charge on any atom is -0.383 e. The first kappa shape index (κ1) is 18.6. The molecule has 0 amide bonds. The number of nitrogens with zero attached hydrogens (tertiary/aromatic N) is 3. The molecule has 1 aromatic heterocycles. The average Bonchev–Trinajstić information content (AvgIpc) is 2.68. The van der Waals surface area contributed by atoms with Gasteiger partial charge in [0.2, 0.25) is 0 Å². The van der Waals surface area contributed by atoms with Crippen LogP contribution in [0, 0.1) is 10.3 Å². The molecular weight excluding hydrogens is 386 g/mol. The number of benzene rings is 2. The summed E-state index contributed by atoms with van der Waals surface area (Å²) in [5.74, 6) is -0.476. The highest BCUT2D eigenvalue weighted by molar-refractivity contribution is 7.18. The van der Waals surface area contributed by atoms with Crippen molar-refractivity contribution in [3.63, 3.8) is 0 Å². The summed E-state index contributed by atoms with van der Waals surface area (Å²) in [6, 6.07) is 15.4. The smallest absolute Gasteiger partial charge is 0.285 e. The highest BCUT2D eigenvalue weighted by Gasteiger charge is 2.18. The van der Waals surface area contributed by atoms with E-state index in [0.717, 1.165) is 11.3 Å². The molecule has 1 heterocycles. The Hall–Kier alpha value is -3.23. The highest BCUT2D eigenvalue weighted by Crippen LogP contribution is 2.30. The number of amidine groups is 2.